The lowest BCUT2D eigenvalue weighted by molar-refractivity contribution is 0.232. The van der Waals surface area contributed by atoms with Gasteiger partial charge < -0.3 is 10.7 Å². The molecule has 1 fully saturated rings. The number of hydrogen-bond acceptors (Lipinski definition) is 2. The van der Waals surface area contributed by atoms with Crippen LogP contribution in [0.15, 0.2) is 35.4 Å². The Morgan fingerprint density at radius 3 is 2.89 bits per heavy atom. The lowest BCUT2D eigenvalue weighted by Gasteiger charge is -2.38. The van der Waals surface area contributed by atoms with Gasteiger partial charge in [0, 0.05) is 22.2 Å². The molecule has 1 aromatic heterocycles. The van der Waals surface area contributed by atoms with E-state index in [1.807, 2.05) is 11.8 Å². The monoisotopic (exact) mass is 274 g/mol. The molecule has 1 aromatic carbocycles. The molecule has 1 aliphatic carbocycles. The van der Waals surface area contributed by atoms with Crippen LogP contribution < -0.4 is 5.73 Å². The van der Waals surface area contributed by atoms with E-state index in [2.05, 4.69) is 49.2 Å². The van der Waals surface area contributed by atoms with E-state index >= 15 is 0 Å². The Labute approximate surface area is 119 Å². The molecule has 3 heteroatoms. The van der Waals surface area contributed by atoms with Gasteiger partial charge in [0.1, 0.15) is 0 Å². The van der Waals surface area contributed by atoms with Crippen LogP contribution >= 0.6 is 11.8 Å². The van der Waals surface area contributed by atoms with Crippen LogP contribution in [0.4, 0.5) is 0 Å². The number of rotatable bonds is 2. The van der Waals surface area contributed by atoms with E-state index < -0.39 is 0 Å². The summed E-state index contributed by atoms with van der Waals surface area (Å²) in [7, 11) is 0. The number of fused-ring (bicyclic) bond motifs is 1. The van der Waals surface area contributed by atoms with Gasteiger partial charge in [-0.1, -0.05) is 32.0 Å². The minimum Gasteiger partial charge on any atom is -0.350 e. The van der Waals surface area contributed by atoms with Crippen molar-refractivity contribution < 1.29 is 0 Å². The number of hydrogen-bond donors (Lipinski definition) is 2. The van der Waals surface area contributed by atoms with Crippen molar-refractivity contribution in [3.05, 3.63) is 30.3 Å². The molecule has 2 aromatic rings. The molecule has 0 amide bonds. The van der Waals surface area contributed by atoms with Crippen molar-refractivity contribution in [1.29, 1.82) is 0 Å². The molecule has 0 spiro atoms. The van der Waals surface area contributed by atoms with Gasteiger partial charge in [0.25, 0.3) is 0 Å². The van der Waals surface area contributed by atoms with Crippen LogP contribution in [0.1, 0.15) is 33.1 Å². The third-order valence-electron chi connectivity index (χ3n) is 4.17. The molecule has 0 saturated heterocycles. The van der Waals surface area contributed by atoms with Crippen LogP contribution in [-0.4, -0.2) is 16.3 Å². The summed E-state index contributed by atoms with van der Waals surface area (Å²) in [6.07, 6.45) is 3.59. The standard InChI is InChI=1S/C16H22N2S/c1-16(2)8-7-12(17)14(10-16)19-15-9-11-5-3-4-6-13(11)18-15/h3-6,9,12,14,18H,7-8,10,17H2,1-2H3. The van der Waals surface area contributed by atoms with Crippen molar-refractivity contribution in [2.45, 2.75) is 49.4 Å². The molecule has 0 radical (unpaired) electrons. The number of benzene rings is 1. The topological polar surface area (TPSA) is 41.8 Å². The first-order chi connectivity index (χ1) is 9.03. The minimum atomic E-state index is 0.324. The van der Waals surface area contributed by atoms with Crippen molar-refractivity contribution in [2.75, 3.05) is 0 Å². The molecule has 2 unspecified atom stereocenters. The molecule has 1 aliphatic rings. The molecule has 1 heterocycles. The van der Waals surface area contributed by atoms with Gasteiger partial charge in [0.2, 0.25) is 0 Å². The normalized spacial score (nSPS) is 26.7. The van der Waals surface area contributed by atoms with Gasteiger partial charge in [-0.15, -0.1) is 11.8 Å². The van der Waals surface area contributed by atoms with Crippen molar-refractivity contribution in [3.63, 3.8) is 0 Å². The molecule has 0 bridgehead atoms. The minimum absolute atomic E-state index is 0.324. The summed E-state index contributed by atoms with van der Waals surface area (Å²) in [5.41, 5.74) is 7.95. The summed E-state index contributed by atoms with van der Waals surface area (Å²) in [5.74, 6) is 0. The van der Waals surface area contributed by atoms with Crippen LogP contribution in [-0.2, 0) is 0 Å². The van der Waals surface area contributed by atoms with Crippen LogP contribution in [0, 0.1) is 5.41 Å². The number of nitrogens with one attached hydrogen (secondary N) is 1. The van der Waals surface area contributed by atoms with Gasteiger partial charge in [-0.3, -0.25) is 0 Å². The lowest BCUT2D eigenvalue weighted by Crippen LogP contribution is -2.41. The zero-order valence-electron chi connectivity index (χ0n) is 11.6. The largest absolute Gasteiger partial charge is 0.350 e. The summed E-state index contributed by atoms with van der Waals surface area (Å²) in [5, 5.41) is 3.06. The highest BCUT2D eigenvalue weighted by Crippen LogP contribution is 2.42. The summed E-state index contributed by atoms with van der Waals surface area (Å²) in [6.45, 7) is 4.72. The quantitative estimate of drug-likeness (QED) is 0.863. The highest BCUT2D eigenvalue weighted by Gasteiger charge is 2.33. The van der Waals surface area contributed by atoms with E-state index in [1.165, 1.54) is 28.8 Å². The van der Waals surface area contributed by atoms with E-state index in [0.717, 1.165) is 6.42 Å². The van der Waals surface area contributed by atoms with Crippen LogP contribution in [0.5, 0.6) is 0 Å². The Morgan fingerprint density at radius 1 is 1.32 bits per heavy atom. The van der Waals surface area contributed by atoms with Crippen LogP contribution in [0.25, 0.3) is 10.9 Å². The maximum atomic E-state index is 6.31. The number of nitrogens with two attached hydrogens (primary N) is 1. The SMILES string of the molecule is CC1(C)CCC(N)C(Sc2cc3ccccc3[nH]2)C1. The van der Waals surface area contributed by atoms with E-state index in [9.17, 15) is 0 Å². The maximum absolute atomic E-state index is 6.31. The first kappa shape index (κ1) is 13.1. The Morgan fingerprint density at radius 2 is 2.11 bits per heavy atom. The second-order valence-corrected chi connectivity index (χ2v) is 7.73. The highest BCUT2D eigenvalue weighted by molar-refractivity contribution is 7.99. The Kier molecular flexibility index (Phi) is 3.35. The van der Waals surface area contributed by atoms with Crippen LogP contribution in [0.2, 0.25) is 0 Å². The van der Waals surface area contributed by atoms with E-state index in [4.69, 9.17) is 5.73 Å². The molecule has 0 aliphatic heterocycles. The van der Waals surface area contributed by atoms with Crippen molar-refractivity contribution >= 4 is 22.7 Å². The predicted octanol–water partition coefficient (Wildman–Crippen LogP) is 4.17. The molecular formula is C16H22N2S. The summed E-state index contributed by atoms with van der Waals surface area (Å²) >= 11 is 1.92. The zero-order valence-corrected chi connectivity index (χ0v) is 12.5. The van der Waals surface area contributed by atoms with Gasteiger partial charge in [-0.2, -0.15) is 0 Å². The molecule has 2 nitrogen and oxygen atoms in total. The van der Waals surface area contributed by atoms with E-state index in [1.54, 1.807) is 0 Å². The maximum Gasteiger partial charge on any atom is 0.0735 e. The molecule has 102 valence electrons. The van der Waals surface area contributed by atoms with Crippen molar-refractivity contribution in [1.82, 2.24) is 4.98 Å². The van der Waals surface area contributed by atoms with Gasteiger partial charge in [0.15, 0.2) is 0 Å². The molecule has 1 saturated carbocycles. The Bertz CT molecular complexity index is 540. The molecule has 3 N–H and O–H groups in total. The first-order valence-corrected chi connectivity index (χ1v) is 7.91. The second kappa shape index (κ2) is 4.88. The molecule has 2 atom stereocenters. The third kappa shape index (κ3) is 2.82. The fourth-order valence-corrected chi connectivity index (χ4v) is 4.48. The smallest absolute Gasteiger partial charge is 0.0735 e. The average molecular weight is 274 g/mol. The number of para-hydroxylation sites is 1. The average Bonchev–Trinajstić information content (AvgIpc) is 2.76. The van der Waals surface area contributed by atoms with Crippen LogP contribution in [0.3, 0.4) is 0 Å². The molecule has 19 heavy (non-hydrogen) atoms. The van der Waals surface area contributed by atoms with E-state index in [-0.39, 0.29) is 0 Å². The number of aromatic amines is 1. The second-order valence-electron chi connectivity index (χ2n) is 6.45. The fourth-order valence-electron chi connectivity index (χ4n) is 2.94. The summed E-state index contributed by atoms with van der Waals surface area (Å²) in [4.78, 5) is 3.50. The van der Waals surface area contributed by atoms with Gasteiger partial charge >= 0.3 is 0 Å². The first-order valence-electron chi connectivity index (χ1n) is 7.03. The van der Waals surface area contributed by atoms with Crippen molar-refractivity contribution in [2.24, 2.45) is 11.1 Å². The number of aromatic nitrogens is 1. The summed E-state index contributed by atoms with van der Waals surface area (Å²) < 4.78 is 0. The predicted molar refractivity (Wildman–Crippen MR) is 83.6 cm³/mol. The van der Waals surface area contributed by atoms with Crippen molar-refractivity contribution in [3.8, 4) is 0 Å². The highest BCUT2D eigenvalue weighted by atomic mass is 32.2. The third-order valence-corrected chi connectivity index (χ3v) is 5.46. The zero-order chi connectivity index (χ0) is 13.5. The van der Waals surface area contributed by atoms with Gasteiger partial charge in [-0.25, -0.2) is 0 Å². The van der Waals surface area contributed by atoms with Gasteiger partial charge in [0.05, 0.1) is 5.03 Å². The number of thioether (sulfide) groups is 1. The fraction of sp³-hybridized carbons (Fsp3) is 0.500. The Hall–Kier alpha value is -0.930. The lowest BCUT2D eigenvalue weighted by atomic mass is 9.75. The summed E-state index contributed by atoms with van der Waals surface area (Å²) in [6, 6.07) is 11.0. The number of H-pyrrole nitrogens is 1. The molecular weight excluding hydrogens is 252 g/mol. The van der Waals surface area contributed by atoms with Gasteiger partial charge in [-0.05, 0) is 36.8 Å². The Balaban J connectivity index is 1.79. The van der Waals surface area contributed by atoms with E-state index in [0.29, 0.717) is 16.7 Å². The molecule has 3 rings (SSSR count).